The molecule has 3 rings (SSSR count). The summed E-state index contributed by atoms with van der Waals surface area (Å²) >= 11 is 5.99. The molecule has 0 spiro atoms. The first-order valence-corrected chi connectivity index (χ1v) is 10.7. The monoisotopic (exact) mass is 444 g/mol. The van der Waals surface area contributed by atoms with Gasteiger partial charge < -0.3 is 19.7 Å². The van der Waals surface area contributed by atoms with Crippen LogP contribution in [0.5, 0.6) is 11.5 Å². The molecule has 0 bridgehead atoms. The third-order valence-electron chi connectivity index (χ3n) is 5.00. The van der Waals surface area contributed by atoms with Gasteiger partial charge in [-0.25, -0.2) is 0 Å². The Labute approximate surface area is 188 Å². The average molecular weight is 445 g/mol. The predicted octanol–water partition coefficient (Wildman–Crippen LogP) is 4.33. The van der Waals surface area contributed by atoms with Crippen molar-refractivity contribution >= 4 is 23.4 Å². The normalized spacial score (nSPS) is 13.6. The molecule has 1 atom stereocenters. The number of ether oxygens (including phenoxy) is 2. The van der Waals surface area contributed by atoms with Crippen LogP contribution in [0.15, 0.2) is 42.5 Å². The van der Waals surface area contributed by atoms with Gasteiger partial charge in [-0.3, -0.25) is 9.59 Å². The zero-order valence-corrected chi connectivity index (χ0v) is 19.2. The van der Waals surface area contributed by atoms with E-state index in [1.165, 1.54) is 0 Å². The Kier molecular flexibility index (Phi) is 7.11. The van der Waals surface area contributed by atoms with Gasteiger partial charge in [-0.1, -0.05) is 29.8 Å². The SMILES string of the molecule is CC(C(=O)NC(C)(C)C)N(Cc1ccc(Cl)cc1)C(=O)CCc1ccc2c(c1)OCO2. The summed E-state index contributed by atoms with van der Waals surface area (Å²) in [5, 5.41) is 3.59. The molecule has 6 nitrogen and oxygen atoms in total. The third kappa shape index (κ3) is 6.37. The smallest absolute Gasteiger partial charge is 0.242 e. The van der Waals surface area contributed by atoms with Gasteiger partial charge in [0, 0.05) is 23.5 Å². The minimum atomic E-state index is -0.612. The molecule has 0 saturated carbocycles. The van der Waals surface area contributed by atoms with Crippen molar-refractivity contribution in [3.05, 3.63) is 58.6 Å². The Morgan fingerprint density at radius 2 is 1.71 bits per heavy atom. The van der Waals surface area contributed by atoms with Crippen molar-refractivity contribution in [1.29, 1.82) is 0 Å². The summed E-state index contributed by atoms with van der Waals surface area (Å²) in [6, 6.07) is 12.4. The summed E-state index contributed by atoms with van der Waals surface area (Å²) in [7, 11) is 0. The molecular weight excluding hydrogens is 416 g/mol. The van der Waals surface area contributed by atoms with E-state index in [4.69, 9.17) is 21.1 Å². The summed E-state index contributed by atoms with van der Waals surface area (Å²) < 4.78 is 10.8. The van der Waals surface area contributed by atoms with Crippen LogP contribution in [0.4, 0.5) is 0 Å². The fraction of sp³-hybridized carbons (Fsp3) is 0.417. The van der Waals surface area contributed by atoms with Gasteiger partial charge in [0.2, 0.25) is 18.6 Å². The van der Waals surface area contributed by atoms with Crippen LogP contribution in [0.3, 0.4) is 0 Å². The Hall–Kier alpha value is -2.73. The number of benzene rings is 2. The molecule has 1 N–H and O–H groups in total. The summed E-state index contributed by atoms with van der Waals surface area (Å²) in [5.74, 6) is 1.13. The van der Waals surface area contributed by atoms with Crippen molar-refractivity contribution < 1.29 is 19.1 Å². The van der Waals surface area contributed by atoms with E-state index in [1.54, 1.807) is 24.0 Å². The maximum Gasteiger partial charge on any atom is 0.242 e. The van der Waals surface area contributed by atoms with Crippen molar-refractivity contribution in [2.45, 2.75) is 58.7 Å². The highest BCUT2D eigenvalue weighted by Crippen LogP contribution is 2.32. The van der Waals surface area contributed by atoms with Gasteiger partial charge in [0.1, 0.15) is 6.04 Å². The highest BCUT2D eigenvalue weighted by molar-refractivity contribution is 6.30. The molecule has 0 fully saturated rings. The van der Waals surface area contributed by atoms with Gasteiger partial charge in [-0.2, -0.15) is 0 Å². The second kappa shape index (κ2) is 9.60. The van der Waals surface area contributed by atoms with E-state index in [0.29, 0.717) is 29.5 Å². The molecule has 31 heavy (non-hydrogen) atoms. The van der Waals surface area contributed by atoms with Gasteiger partial charge in [-0.05, 0) is 69.5 Å². The maximum absolute atomic E-state index is 13.2. The van der Waals surface area contributed by atoms with Gasteiger partial charge >= 0.3 is 0 Å². The number of amides is 2. The molecule has 166 valence electrons. The van der Waals surface area contributed by atoms with E-state index < -0.39 is 6.04 Å². The average Bonchev–Trinajstić information content (AvgIpc) is 3.17. The van der Waals surface area contributed by atoms with Crippen LogP contribution in [-0.4, -0.2) is 35.1 Å². The molecule has 2 aromatic carbocycles. The van der Waals surface area contributed by atoms with Crippen molar-refractivity contribution in [2.75, 3.05) is 6.79 Å². The summed E-state index contributed by atoms with van der Waals surface area (Å²) in [6.07, 6.45) is 0.820. The topological polar surface area (TPSA) is 67.9 Å². The van der Waals surface area contributed by atoms with Crippen LogP contribution in [0, 0.1) is 0 Å². The molecule has 0 radical (unpaired) electrons. The molecule has 1 aliphatic heterocycles. The number of carbonyl (C=O) groups excluding carboxylic acids is 2. The maximum atomic E-state index is 13.2. The number of carbonyl (C=O) groups is 2. The lowest BCUT2D eigenvalue weighted by molar-refractivity contribution is -0.141. The Bertz CT molecular complexity index is 938. The lowest BCUT2D eigenvalue weighted by Crippen LogP contribution is -2.52. The molecule has 0 aliphatic carbocycles. The lowest BCUT2D eigenvalue weighted by Gasteiger charge is -2.31. The summed E-state index contributed by atoms with van der Waals surface area (Å²) in [5.41, 5.74) is 1.51. The standard InChI is InChI=1S/C24H29ClN2O4/c1-16(23(29)26-24(2,3)4)27(14-18-5-9-19(25)10-6-18)22(28)12-8-17-7-11-20-21(13-17)31-15-30-20/h5-7,9-11,13,16H,8,12,14-15H2,1-4H3,(H,26,29). The zero-order valence-electron chi connectivity index (χ0n) is 18.4. The number of nitrogens with zero attached hydrogens (tertiary/aromatic N) is 1. The number of hydrogen-bond acceptors (Lipinski definition) is 4. The van der Waals surface area contributed by atoms with E-state index in [9.17, 15) is 9.59 Å². The number of hydrogen-bond donors (Lipinski definition) is 1. The van der Waals surface area contributed by atoms with Gasteiger partial charge in [0.15, 0.2) is 11.5 Å². The highest BCUT2D eigenvalue weighted by Gasteiger charge is 2.28. The Balaban J connectivity index is 1.72. The molecule has 1 unspecified atom stereocenters. The third-order valence-corrected chi connectivity index (χ3v) is 5.25. The largest absolute Gasteiger partial charge is 0.454 e. The predicted molar refractivity (Wildman–Crippen MR) is 120 cm³/mol. The van der Waals surface area contributed by atoms with Crippen LogP contribution in [0.2, 0.25) is 5.02 Å². The van der Waals surface area contributed by atoms with Crippen LogP contribution in [0.1, 0.15) is 45.2 Å². The van der Waals surface area contributed by atoms with Crippen LogP contribution in [-0.2, 0) is 22.6 Å². The molecule has 1 heterocycles. The molecule has 0 aromatic heterocycles. The minimum Gasteiger partial charge on any atom is -0.454 e. The molecular formula is C24H29ClN2O4. The van der Waals surface area contributed by atoms with E-state index in [-0.39, 0.29) is 30.6 Å². The van der Waals surface area contributed by atoms with E-state index >= 15 is 0 Å². The summed E-state index contributed by atoms with van der Waals surface area (Å²) in [4.78, 5) is 27.6. The quantitative estimate of drug-likeness (QED) is 0.690. The minimum absolute atomic E-state index is 0.0934. The Morgan fingerprint density at radius 3 is 2.39 bits per heavy atom. The Morgan fingerprint density at radius 1 is 1.06 bits per heavy atom. The first-order chi connectivity index (χ1) is 14.6. The molecule has 0 saturated heterocycles. The number of halogens is 1. The zero-order chi connectivity index (χ0) is 22.6. The van der Waals surface area contributed by atoms with Gasteiger partial charge in [-0.15, -0.1) is 0 Å². The molecule has 1 aliphatic rings. The van der Waals surface area contributed by atoms with Crippen molar-refractivity contribution in [2.24, 2.45) is 0 Å². The first-order valence-electron chi connectivity index (χ1n) is 10.4. The fourth-order valence-corrected chi connectivity index (χ4v) is 3.46. The number of rotatable bonds is 7. The van der Waals surface area contributed by atoms with Crippen molar-refractivity contribution in [1.82, 2.24) is 10.2 Å². The van der Waals surface area contributed by atoms with Crippen molar-refractivity contribution in [3.63, 3.8) is 0 Å². The highest BCUT2D eigenvalue weighted by atomic mass is 35.5. The van der Waals surface area contributed by atoms with E-state index in [0.717, 1.165) is 11.1 Å². The molecule has 7 heteroatoms. The number of aryl methyl sites for hydroxylation is 1. The molecule has 2 amide bonds. The van der Waals surface area contributed by atoms with E-state index in [1.807, 2.05) is 51.1 Å². The lowest BCUT2D eigenvalue weighted by atomic mass is 10.1. The van der Waals surface area contributed by atoms with Crippen LogP contribution < -0.4 is 14.8 Å². The number of fused-ring (bicyclic) bond motifs is 1. The fourth-order valence-electron chi connectivity index (χ4n) is 3.33. The second-order valence-corrected chi connectivity index (χ2v) is 9.19. The summed E-state index contributed by atoms with van der Waals surface area (Å²) in [6.45, 7) is 8.06. The van der Waals surface area contributed by atoms with Gasteiger partial charge in [0.05, 0.1) is 0 Å². The van der Waals surface area contributed by atoms with E-state index in [2.05, 4.69) is 5.32 Å². The van der Waals surface area contributed by atoms with Crippen LogP contribution in [0.25, 0.3) is 0 Å². The van der Waals surface area contributed by atoms with Crippen LogP contribution >= 0.6 is 11.6 Å². The number of nitrogens with one attached hydrogen (secondary N) is 1. The van der Waals surface area contributed by atoms with Crippen molar-refractivity contribution in [3.8, 4) is 11.5 Å². The first kappa shape index (κ1) is 22.9. The van der Waals surface area contributed by atoms with Gasteiger partial charge in [0.25, 0.3) is 0 Å². The molecule has 2 aromatic rings. The second-order valence-electron chi connectivity index (χ2n) is 8.75.